The average molecular weight is 301 g/mol. The molecule has 0 bridgehead atoms. The molecule has 1 aromatic carbocycles. The summed E-state index contributed by atoms with van der Waals surface area (Å²) >= 11 is 0. The molecule has 2 N–H and O–H groups in total. The van der Waals surface area contributed by atoms with Crippen LogP contribution in [0.5, 0.6) is 0 Å². The van der Waals surface area contributed by atoms with Gasteiger partial charge in [0.15, 0.2) is 0 Å². The summed E-state index contributed by atoms with van der Waals surface area (Å²) in [5.41, 5.74) is 7.89. The first-order chi connectivity index (χ1) is 10.5. The molecule has 2 saturated heterocycles. The van der Waals surface area contributed by atoms with E-state index in [1.54, 1.807) is 4.90 Å². The molecule has 1 aromatic rings. The molecule has 1 unspecified atom stereocenters. The number of carbonyl (C=O) groups excluding carboxylic acids is 2. The summed E-state index contributed by atoms with van der Waals surface area (Å²) in [6.45, 7) is 3.93. The molecular weight excluding hydrogens is 278 g/mol. The van der Waals surface area contributed by atoms with Crippen molar-refractivity contribution in [2.45, 2.75) is 32.2 Å². The summed E-state index contributed by atoms with van der Waals surface area (Å²) < 4.78 is 0. The van der Waals surface area contributed by atoms with Gasteiger partial charge in [-0.25, -0.2) is 0 Å². The number of nitrogens with zero attached hydrogens (tertiary/aromatic N) is 2. The third-order valence-corrected chi connectivity index (χ3v) is 4.64. The number of carbonyl (C=O) groups is 2. The molecule has 3 rings (SSSR count). The summed E-state index contributed by atoms with van der Waals surface area (Å²) in [6.07, 6.45) is 2.03. The number of aryl methyl sites for hydroxylation is 1. The number of anilines is 1. The molecule has 118 valence electrons. The van der Waals surface area contributed by atoms with Gasteiger partial charge in [-0.05, 0) is 37.5 Å². The predicted molar refractivity (Wildman–Crippen MR) is 85.4 cm³/mol. The Morgan fingerprint density at radius 1 is 1.27 bits per heavy atom. The quantitative estimate of drug-likeness (QED) is 0.895. The molecule has 0 radical (unpaired) electrons. The van der Waals surface area contributed by atoms with E-state index in [0.717, 1.165) is 37.2 Å². The second-order valence-electron chi connectivity index (χ2n) is 6.41. The van der Waals surface area contributed by atoms with Crippen LogP contribution in [0.25, 0.3) is 0 Å². The van der Waals surface area contributed by atoms with Crippen LogP contribution in [0.15, 0.2) is 24.3 Å². The average Bonchev–Trinajstić information content (AvgIpc) is 2.89. The zero-order valence-electron chi connectivity index (χ0n) is 13.0. The molecule has 2 aliphatic rings. The SMILES string of the molecule is Cc1cccc(N2CC(C(=O)N3CCC(N)CC3)CC2=O)c1. The van der Waals surface area contributed by atoms with Crippen LogP contribution >= 0.6 is 0 Å². The molecule has 1 atom stereocenters. The normalized spacial score (nSPS) is 23.2. The van der Waals surface area contributed by atoms with Gasteiger partial charge in [0.1, 0.15) is 0 Å². The Hall–Kier alpha value is -1.88. The summed E-state index contributed by atoms with van der Waals surface area (Å²) in [5.74, 6) is -0.0737. The molecule has 2 amide bonds. The number of hydrogen-bond acceptors (Lipinski definition) is 3. The Morgan fingerprint density at radius 3 is 2.68 bits per heavy atom. The number of hydrogen-bond donors (Lipinski definition) is 1. The van der Waals surface area contributed by atoms with Crippen molar-refractivity contribution in [2.24, 2.45) is 11.7 Å². The van der Waals surface area contributed by atoms with Gasteiger partial charge in [-0.2, -0.15) is 0 Å². The van der Waals surface area contributed by atoms with E-state index < -0.39 is 0 Å². The largest absolute Gasteiger partial charge is 0.342 e. The highest BCUT2D eigenvalue weighted by atomic mass is 16.2. The van der Waals surface area contributed by atoms with Gasteiger partial charge in [0.2, 0.25) is 11.8 Å². The Labute approximate surface area is 131 Å². The van der Waals surface area contributed by atoms with Gasteiger partial charge in [-0.15, -0.1) is 0 Å². The molecule has 0 aromatic heterocycles. The first-order valence-corrected chi connectivity index (χ1v) is 7.96. The summed E-state index contributed by atoms with van der Waals surface area (Å²) in [7, 11) is 0. The fourth-order valence-electron chi connectivity index (χ4n) is 3.30. The molecule has 0 spiro atoms. The van der Waals surface area contributed by atoms with Crippen LogP contribution in [0.4, 0.5) is 5.69 Å². The van der Waals surface area contributed by atoms with Crippen LogP contribution in [-0.4, -0.2) is 42.4 Å². The highest BCUT2D eigenvalue weighted by Gasteiger charge is 2.37. The fraction of sp³-hybridized carbons (Fsp3) is 0.529. The van der Waals surface area contributed by atoms with Crippen molar-refractivity contribution in [1.82, 2.24) is 4.90 Å². The van der Waals surface area contributed by atoms with Crippen molar-refractivity contribution >= 4 is 17.5 Å². The van der Waals surface area contributed by atoms with Crippen LogP contribution < -0.4 is 10.6 Å². The lowest BCUT2D eigenvalue weighted by Crippen LogP contribution is -2.45. The molecule has 5 nitrogen and oxygen atoms in total. The monoisotopic (exact) mass is 301 g/mol. The van der Waals surface area contributed by atoms with Crippen molar-refractivity contribution in [3.8, 4) is 0 Å². The highest BCUT2D eigenvalue weighted by molar-refractivity contribution is 6.00. The number of piperidine rings is 1. The Kier molecular flexibility index (Phi) is 4.16. The molecule has 2 fully saturated rings. The Balaban J connectivity index is 1.68. The van der Waals surface area contributed by atoms with Gasteiger partial charge in [-0.3, -0.25) is 9.59 Å². The second kappa shape index (κ2) is 6.08. The zero-order chi connectivity index (χ0) is 15.7. The van der Waals surface area contributed by atoms with E-state index >= 15 is 0 Å². The molecule has 2 aliphatic heterocycles. The number of rotatable bonds is 2. The van der Waals surface area contributed by atoms with Crippen LogP contribution in [0, 0.1) is 12.8 Å². The number of benzene rings is 1. The van der Waals surface area contributed by atoms with Gasteiger partial charge in [-0.1, -0.05) is 12.1 Å². The minimum Gasteiger partial charge on any atom is -0.342 e. The lowest BCUT2D eigenvalue weighted by Gasteiger charge is -2.31. The lowest BCUT2D eigenvalue weighted by atomic mass is 10.0. The maximum atomic E-state index is 12.6. The third-order valence-electron chi connectivity index (χ3n) is 4.64. The molecule has 22 heavy (non-hydrogen) atoms. The number of nitrogens with two attached hydrogens (primary N) is 1. The summed E-state index contributed by atoms with van der Waals surface area (Å²) in [6, 6.07) is 8.07. The van der Waals surface area contributed by atoms with Crippen molar-refractivity contribution in [3.05, 3.63) is 29.8 Å². The van der Waals surface area contributed by atoms with E-state index in [2.05, 4.69) is 0 Å². The first kappa shape index (κ1) is 15.0. The van der Waals surface area contributed by atoms with Crippen LogP contribution in [0.1, 0.15) is 24.8 Å². The lowest BCUT2D eigenvalue weighted by molar-refractivity contribution is -0.136. The van der Waals surface area contributed by atoms with Gasteiger partial charge >= 0.3 is 0 Å². The van der Waals surface area contributed by atoms with Crippen LogP contribution in [0.2, 0.25) is 0 Å². The second-order valence-corrected chi connectivity index (χ2v) is 6.41. The van der Waals surface area contributed by atoms with Crippen molar-refractivity contribution in [3.63, 3.8) is 0 Å². The summed E-state index contributed by atoms with van der Waals surface area (Å²) in [5, 5.41) is 0. The van der Waals surface area contributed by atoms with E-state index in [0.29, 0.717) is 13.0 Å². The van der Waals surface area contributed by atoms with Crippen molar-refractivity contribution < 1.29 is 9.59 Å². The smallest absolute Gasteiger partial charge is 0.228 e. The molecule has 2 heterocycles. The van der Waals surface area contributed by atoms with E-state index in [-0.39, 0.29) is 23.8 Å². The third kappa shape index (κ3) is 2.99. The van der Waals surface area contributed by atoms with Gasteiger partial charge in [0, 0.05) is 37.8 Å². The van der Waals surface area contributed by atoms with Crippen molar-refractivity contribution in [1.29, 1.82) is 0 Å². The molecule has 0 saturated carbocycles. The fourth-order valence-corrected chi connectivity index (χ4v) is 3.30. The van der Waals surface area contributed by atoms with E-state index in [1.165, 1.54) is 0 Å². The zero-order valence-corrected chi connectivity index (χ0v) is 13.0. The first-order valence-electron chi connectivity index (χ1n) is 7.96. The molecular formula is C17H23N3O2. The van der Waals surface area contributed by atoms with E-state index in [4.69, 9.17) is 5.73 Å². The van der Waals surface area contributed by atoms with Crippen LogP contribution in [0.3, 0.4) is 0 Å². The minimum absolute atomic E-state index is 0.0395. The van der Waals surface area contributed by atoms with Crippen LogP contribution in [-0.2, 0) is 9.59 Å². The van der Waals surface area contributed by atoms with E-state index in [1.807, 2.05) is 36.1 Å². The number of amides is 2. The van der Waals surface area contributed by atoms with Crippen molar-refractivity contribution in [2.75, 3.05) is 24.5 Å². The molecule has 5 heteroatoms. The van der Waals surface area contributed by atoms with Gasteiger partial charge in [0.25, 0.3) is 0 Å². The van der Waals surface area contributed by atoms with Gasteiger partial charge < -0.3 is 15.5 Å². The standard InChI is InChI=1S/C17H23N3O2/c1-12-3-2-4-15(9-12)20-11-13(10-16(20)21)17(22)19-7-5-14(18)6-8-19/h2-4,9,13-14H,5-8,10-11,18H2,1H3. The maximum Gasteiger partial charge on any atom is 0.228 e. The predicted octanol–water partition coefficient (Wildman–Crippen LogP) is 1.30. The van der Waals surface area contributed by atoms with E-state index in [9.17, 15) is 9.59 Å². The minimum atomic E-state index is -0.220. The Morgan fingerprint density at radius 2 is 2.00 bits per heavy atom. The van der Waals surface area contributed by atoms with Gasteiger partial charge in [0.05, 0.1) is 5.92 Å². The topological polar surface area (TPSA) is 66.6 Å². The highest BCUT2D eigenvalue weighted by Crippen LogP contribution is 2.27. The maximum absolute atomic E-state index is 12.6. The summed E-state index contributed by atoms with van der Waals surface area (Å²) in [4.78, 5) is 28.5. The Bertz CT molecular complexity index is 579. The number of likely N-dealkylation sites (tertiary alicyclic amines) is 1. The molecule has 0 aliphatic carbocycles.